The molecule has 0 bridgehead atoms. The fourth-order valence-electron chi connectivity index (χ4n) is 1.46. The van der Waals surface area contributed by atoms with Gasteiger partial charge >= 0.3 is 5.69 Å². The lowest BCUT2D eigenvalue weighted by Gasteiger charge is -2.02. The van der Waals surface area contributed by atoms with E-state index < -0.39 is 10.8 Å². The van der Waals surface area contributed by atoms with Gasteiger partial charge in [-0.2, -0.15) is 5.10 Å². The molecule has 2 aromatic heterocycles. The maximum absolute atomic E-state index is 11.4. The second kappa shape index (κ2) is 4.72. The number of carbonyl (C=O) groups excluding carboxylic acids is 1. The highest BCUT2D eigenvalue weighted by molar-refractivity contribution is 5.91. The van der Waals surface area contributed by atoms with Gasteiger partial charge in [-0.25, -0.2) is 9.67 Å². The second-order valence-corrected chi connectivity index (χ2v) is 3.56. The molecule has 0 unspecified atom stereocenters. The molecular formula is C10H10N6O3. The van der Waals surface area contributed by atoms with Crippen molar-refractivity contribution in [3.8, 4) is 5.82 Å². The molecule has 0 atom stereocenters. The van der Waals surface area contributed by atoms with Crippen LogP contribution < -0.4 is 11.1 Å². The molecule has 2 heterocycles. The topological polar surface area (TPSA) is 129 Å². The van der Waals surface area contributed by atoms with Crippen LogP contribution in [0.1, 0.15) is 10.5 Å². The maximum atomic E-state index is 11.4. The molecule has 0 aliphatic heterocycles. The molecule has 0 fully saturated rings. The van der Waals surface area contributed by atoms with E-state index in [1.165, 1.54) is 31.4 Å². The van der Waals surface area contributed by atoms with Crippen molar-refractivity contribution >= 4 is 17.4 Å². The molecule has 98 valence electrons. The number of anilines is 1. The van der Waals surface area contributed by atoms with Gasteiger partial charge in [-0.1, -0.05) is 0 Å². The van der Waals surface area contributed by atoms with Crippen LogP contribution in [-0.4, -0.2) is 32.6 Å². The Morgan fingerprint density at radius 2 is 2.21 bits per heavy atom. The van der Waals surface area contributed by atoms with Crippen molar-refractivity contribution in [1.82, 2.24) is 20.1 Å². The average molecular weight is 262 g/mol. The lowest BCUT2D eigenvalue weighted by atomic mass is 10.4. The number of nitrogens with zero attached hydrogens (tertiary/aromatic N) is 4. The summed E-state index contributed by atoms with van der Waals surface area (Å²) in [5.74, 6) is -0.317. The number of aromatic nitrogens is 3. The van der Waals surface area contributed by atoms with E-state index in [9.17, 15) is 14.9 Å². The van der Waals surface area contributed by atoms with E-state index in [-0.39, 0.29) is 23.0 Å². The minimum atomic E-state index is -0.594. The van der Waals surface area contributed by atoms with Crippen molar-refractivity contribution < 1.29 is 9.72 Å². The van der Waals surface area contributed by atoms with Crippen LogP contribution in [0.5, 0.6) is 0 Å². The third-order valence-electron chi connectivity index (χ3n) is 2.34. The Bertz CT molecular complexity index is 650. The number of rotatable bonds is 3. The van der Waals surface area contributed by atoms with Gasteiger partial charge in [-0.15, -0.1) is 0 Å². The standard InChI is InChI=1S/C10H10N6O3/c1-12-10(17)6-4-5-15(14-6)9-7(16(18)19)2-3-8(11)13-9/h2-5H,1H3,(H2,11,13)(H,12,17). The Morgan fingerprint density at radius 1 is 1.47 bits per heavy atom. The summed E-state index contributed by atoms with van der Waals surface area (Å²) in [5.41, 5.74) is 5.38. The van der Waals surface area contributed by atoms with Crippen molar-refractivity contribution in [3.63, 3.8) is 0 Å². The minimum Gasteiger partial charge on any atom is -0.384 e. The van der Waals surface area contributed by atoms with Crippen LogP contribution in [0, 0.1) is 10.1 Å². The third kappa shape index (κ3) is 2.34. The molecule has 0 aromatic carbocycles. The molecular weight excluding hydrogens is 252 g/mol. The summed E-state index contributed by atoms with van der Waals surface area (Å²) in [5, 5.41) is 17.2. The highest BCUT2D eigenvalue weighted by atomic mass is 16.6. The zero-order chi connectivity index (χ0) is 14.0. The van der Waals surface area contributed by atoms with Crippen molar-refractivity contribution in [2.24, 2.45) is 0 Å². The molecule has 0 saturated carbocycles. The molecule has 0 aliphatic rings. The van der Waals surface area contributed by atoms with Crippen LogP contribution in [0.2, 0.25) is 0 Å². The van der Waals surface area contributed by atoms with Crippen LogP contribution in [0.4, 0.5) is 11.5 Å². The van der Waals surface area contributed by atoms with Crippen LogP contribution in [-0.2, 0) is 0 Å². The number of nitrogens with two attached hydrogens (primary N) is 1. The van der Waals surface area contributed by atoms with Crippen LogP contribution in [0.25, 0.3) is 5.82 Å². The van der Waals surface area contributed by atoms with Gasteiger partial charge in [0.25, 0.3) is 5.91 Å². The SMILES string of the molecule is CNC(=O)c1ccn(-c2nc(N)ccc2[N+](=O)[O-])n1. The van der Waals surface area contributed by atoms with E-state index in [1.54, 1.807) is 0 Å². The molecule has 9 heteroatoms. The van der Waals surface area contributed by atoms with Crippen LogP contribution in [0.3, 0.4) is 0 Å². The summed E-state index contributed by atoms with van der Waals surface area (Å²) in [6.07, 6.45) is 1.40. The predicted octanol–water partition coefficient (Wildman–Crippen LogP) is 0.117. The van der Waals surface area contributed by atoms with E-state index in [2.05, 4.69) is 15.4 Å². The normalized spacial score (nSPS) is 10.2. The van der Waals surface area contributed by atoms with Crippen LogP contribution >= 0.6 is 0 Å². The number of nitrogen functional groups attached to an aromatic ring is 1. The van der Waals surface area contributed by atoms with Crippen LogP contribution in [0.15, 0.2) is 24.4 Å². The number of nitro groups is 1. The number of hydrogen-bond donors (Lipinski definition) is 2. The molecule has 19 heavy (non-hydrogen) atoms. The Balaban J connectivity index is 2.52. The zero-order valence-electron chi connectivity index (χ0n) is 9.90. The summed E-state index contributed by atoms with van der Waals surface area (Å²) in [6.45, 7) is 0. The first kappa shape index (κ1) is 12.5. The van der Waals surface area contributed by atoms with Gasteiger partial charge in [0.05, 0.1) is 4.92 Å². The number of hydrogen-bond acceptors (Lipinski definition) is 6. The van der Waals surface area contributed by atoms with Gasteiger partial charge in [0, 0.05) is 19.3 Å². The first-order chi connectivity index (χ1) is 9.02. The van der Waals surface area contributed by atoms with Crippen molar-refractivity contribution in [2.75, 3.05) is 12.8 Å². The summed E-state index contributed by atoms with van der Waals surface area (Å²) in [7, 11) is 1.46. The van der Waals surface area contributed by atoms with Crippen molar-refractivity contribution in [2.45, 2.75) is 0 Å². The molecule has 2 rings (SSSR count). The fraction of sp³-hybridized carbons (Fsp3) is 0.100. The molecule has 1 amide bonds. The minimum absolute atomic E-state index is 0.0415. The number of amides is 1. The Kier molecular flexibility index (Phi) is 3.10. The van der Waals surface area contributed by atoms with Gasteiger partial charge in [-0.3, -0.25) is 14.9 Å². The first-order valence-electron chi connectivity index (χ1n) is 5.22. The Hall–Kier alpha value is -2.97. The second-order valence-electron chi connectivity index (χ2n) is 3.56. The van der Waals surface area contributed by atoms with Crippen molar-refractivity contribution in [3.05, 3.63) is 40.2 Å². The molecule has 9 nitrogen and oxygen atoms in total. The Labute approximate surface area is 107 Å². The maximum Gasteiger partial charge on any atom is 0.313 e. The largest absolute Gasteiger partial charge is 0.384 e. The van der Waals surface area contributed by atoms with E-state index in [0.717, 1.165) is 4.68 Å². The van der Waals surface area contributed by atoms with E-state index >= 15 is 0 Å². The summed E-state index contributed by atoms with van der Waals surface area (Å²) in [4.78, 5) is 25.6. The smallest absolute Gasteiger partial charge is 0.313 e. The average Bonchev–Trinajstić information content (AvgIpc) is 2.86. The van der Waals surface area contributed by atoms with Gasteiger partial charge in [0.2, 0.25) is 5.82 Å². The van der Waals surface area contributed by atoms with Crippen molar-refractivity contribution in [1.29, 1.82) is 0 Å². The lowest BCUT2D eigenvalue weighted by molar-refractivity contribution is -0.384. The fourth-order valence-corrected chi connectivity index (χ4v) is 1.46. The molecule has 0 aliphatic carbocycles. The number of nitrogens with one attached hydrogen (secondary N) is 1. The molecule has 3 N–H and O–H groups in total. The molecule has 0 radical (unpaired) electrons. The van der Waals surface area contributed by atoms with Gasteiger partial charge in [0.1, 0.15) is 5.82 Å². The first-order valence-corrected chi connectivity index (χ1v) is 5.22. The summed E-state index contributed by atoms with van der Waals surface area (Å²) >= 11 is 0. The molecule has 2 aromatic rings. The highest BCUT2D eigenvalue weighted by Crippen LogP contribution is 2.21. The number of pyridine rings is 1. The van der Waals surface area contributed by atoms with Gasteiger partial charge in [-0.05, 0) is 12.1 Å². The van der Waals surface area contributed by atoms with E-state index in [4.69, 9.17) is 5.73 Å². The number of carbonyl (C=O) groups is 1. The lowest BCUT2D eigenvalue weighted by Crippen LogP contribution is -2.18. The van der Waals surface area contributed by atoms with Gasteiger partial charge in [0.15, 0.2) is 5.69 Å². The van der Waals surface area contributed by atoms with E-state index in [0.29, 0.717) is 0 Å². The highest BCUT2D eigenvalue weighted by Gasteiger charge is 2.19. The third-order valence-corrected chi connectivity index (χ3v) is 2.34. The summed E-state index contributed by atoms with van der Waals surface area (Å²) in [6, 6.07) is 3.98. The zero-order valence-corrected chi connectivity index (χ0v) is 9.90. The predicted molar refractivity (Wildman–Crippen MR) is 65.8 cm³/mol. The Morgan fingerprint density at radius 3 is 2.84 bits per heavy atom. The molecule has 0 saturated heterocycles. The summed E-state index contributed by atoms with van der Waals surface area (Å²) < 4.78 is 1.14. The monoisotopic (exact) mass is 262 g/mol. The van der Waals surface area contributed by atoms with E-state index in [1.807, 2.05) is 0 Å². The molecule has 0 spiro atoms. The quantitative estimate of drug-likeness (QED) is 0.596. The van der Waals surface area contributed by atoms with Gasteiger partial charge < -0.3 is 11.1 Å².